The zero-order valence-corrected chi connectivity index (χ0v) is 7.45. The Bertz CT molecular complexity index is 104. The number of piperidine rings is 1. The molecule has 0 aromatic rings. The molecule has 0 aliphatic carbocycles. The minimum absolute atomic E-state index is 0.0417. The highest BCUT2D eigenvalue weighted by Crippen LogP contribution is 2.25. The van der Waals surface area contributed by atoms with Gasteiger partial charge in [-0.05, 0) is 12.5 Å². The van der Waals surface area contributed by atoms with E-state index < -0.39 is 5.92 Å². The summed E-state index contributed by atoms with van der Waals surface area (Å²) in [4.78, 5) is 0. The summed E-state index contributed by atoms with van der Waals surface area (Å²) < 4.78 is 24.8. The Kier molecular flexibility index (Phi) is 4.57. The van der Waals surface area contributed by atoms with Crippen molar-refractivity contribution in [1.29, 1.82) is 0 Å². The lowest BCUT2D eigenvalue weighted by Gasteiger charge is -2.26. The molecule has 68 valence electrons. The van der Waals surface area contributed by atoms with Crippen molar-refractivity contribution in [3.05, 3.63) is 0 Å². The van der Waals surface area contributed by atoms with Crippen LogP contribution in [0.2, 0.25) is 0 Å². The average molecular weight is 165 g/mol. The molecule has 11 heavy (non-hydrogen) atoms. The van der Waals surface area contributed by atoms with Gasteiger partial charge in [-0.1, -0.05) is 20.8 Å². The van der Waals surface area contributed by atoms with E-state index in [4.69, 9.17) is 0 Å². The Morgan fingerprint density at radius 1 is 1.36 bits per heavy atom. The Morgan fingerprint density at radius 3 is 2.18 bits per heavy atom. The topological polar surface area (TPSA) is 12.0 Å². The fourth-order valence-electron chi connectivity index (χ4n) is 1.16. The normalized spacial score (nSPS) is 28.6. The van der Waals surface area contributed by atoms with Crippen molar-refractivity contribution in [2.75, 3.05) is 13.1 Å². The SMILES string of the molecule is CC.CC1CNCC(F)(F)C1. The molecule has 1 aliphatic heterocycles. The summed E-state index contributed by atoms with van der Waals surface area (Å²) in [5.41, 5.74) is 0. The van der Waals surface area contributed by atoms with E-state index in [-0.39, 0.29) is 18.9 Å². The maximum atomic E-state index is 12.4. The van der Waals surface area contributed by atoms with Crippen LogP contribution in [0.15, 0.2) is 0 Å². The van der Waals surface area contributed by atoms with Gasteiger partial charge in [0.2, 0.25) is 0 Å². The van der Waals surface area contributed by atoms with Gasteiger partial charge in [0.1, 0.15) is 0 Å². The minimum Gasteiger partial charge on any atom is -0.311 e. The number of hydrogen-bond donors (Lipinski definition) is 1. The van der Waals surface area contributed by atoms with E-state index in [1.54, 1.807) is 0 Å². The molecule has 1 unspecified atom stereocenters. The lowest BCUT2D eigenvalue weighted by Crippen LogP contribution is -2.42. The molecule has 3 heteroatoms. The number of alkyl halides is 2. The molecule has 1 aliphatic rings. The van der Waals surface area contributed by atoms with Gasteiger partial charge in [-0.2, -0.15) is 0 Å². The van der Waals surface area contributed by atoms with E-state index >= 15 is 0 Å². The van der Waals surface area contributed by atoms with Gasteiger partial charge in [0.15, 0.2) is 0 Å². The van der Waals surface area contributed by atoms with Crippen LogP contribution in [0.1, 0.15) is 27.2 Å². The van der Waals surface area contributed by atoms with Crippen LogP contribution in [-0.4, -0.2) is 19.0 Å². The quantitative estimate of drug-likeness (QED) is 0.580. The summed E-state index contributed by atoms with van der Waals surface area (Å²) in [6.45, 7) is 6.42. The standard InChI is InChI=1S/C6H11F2N.C2H6/c1-5-2-6(7,8)4-9-3-5;1-2/h5,9H,2-4H2,1H3;1-2H3. The Hall–Kier alpha value is -0.180. The van der Waals surface area contributed by atoms with E-state index in [9.17, 15) is 8.78 Å². The molecule has 0 amide bonds. The van der Waals surface area contributed by atoms with Crippen molar-refractivity contribution in [2.45, 2.75) is 33.1 Å². The summed E-state index contributed by atoms with van der Waals surface area (Å²) in [7, 11) is 0. The first-order chi connectivity index (χ1) is 5.10. The highest BCUT2D eigenvalue weighted by molar-refractivity contribution is 4.78. The zero-order chi connectivity index (χ0) is 8.91. The maximum absolute atomic E-state index is 12.4. The van der Waals surface area contributed by atoms with Gasteiger partial charge < -0.3 is 5.32 Å². The molecule has 1 N–H and O–H groups in total. The molecule has 1 heterocycles. The number of halogens is 2. The smallest absolute Gasteiger partial charge is 0.260 e. The van der Waals surface area contributed by atoms with E-state index in [1.807, 2.05) is 20.8 Å². The zero-order valence-electron chi connectivity index (χ0n) is 7.45. The van der Waals surface area contributed by atoms with Crippen molar-refractivity contribution in [1.82, 2.24) is 5.32 Å². The van der Waals surface area contributed by atoms with Crippen LogP contribution in [-0.2, 0) is 0 Å². The first kappa shape index (κ1) is 10.8. The fraction of sp³-hybridized carbons (Fsp3) is 1.00. The first-order valence-electron chi connectivity index (χ1n) is 4.19. The van der Waals surface area contributed by atoms with E-state index in [0.717, 1.165) is 6.54 Å². The van der Waals surface area contributed by atoms with Crippen LogP contribution in [0.4, 0.5) is 8.78 Å². The lowest BCUT2D eigenvalue weighted by molar-refractivity contribution is -0.0362. The second kappa shape index (κ2) is 4.65. The van der Waals surface area contributed by atoms with Gasteiger partial charge in [-0.15, -0.1) is 0 Å². The molecule has 1 atom stereocenters. The molecule has 1 fully saturated rings. The Morgan fingerprint density at radius 2 is 1.91 bits per heavy atom. The van der Waals surface area contributed by atoms with Gasteiger partial charge in [-0.3, -0.25) is 0 Å². The van der Waals surface area contributed by atoms with Gasteiger partial charge in [0.25, 0.3) is 5.92 Å². The van der Waals surface area contributed by atoms with Gasteiger partial charge in [0.05, 0.1) is 6.54 Å². The summed E-state index contributed by atoms with van der Waals surface area (Å²) in [6, 6.07) is 0. The van der Waals surface area contributed by atoms with Gasteiger partial charge in [-0.25, -0.2) is 8.78 Å². The van der Waals surface area contributed by atoms with Crippen LogP contribution < -0.4 is 5.32 Å². The van der Waals surface area contributed by atoms with Crippen molar-refractivity contribution in [3.8, 4) is 0 Å². The molecule has 0 aromatic carbocycles. The molecule has 0 radical (unpaired) electrons. The van der Waals surface area contributed by atoms with Crippen LogP contribution in [0.3, 0.4) is 0 Å². The first-order valence-corrected chi connectivity index (χ1v) is 4.19. The molecule has 0 spiro atoms. The number of hydrogen-bond acceptors (Lipinski definition) is 1. The van der Waals surface area contributed by atoms with Crippen molar-refractivity contribution < 1.29 is 8.78 Å². The summed E-state index contributed by atoms with van der Waals surface area (Å²) in [5, 5.41) is 2.67. The van der Waals surface area contributed by atoms with Gasteiger partial charge >= 0.3 is 0 Å². The third-order valence-electron chi connectivity index (χ3n) is 1.52. The van der Waals surface area contributed by atoms with Crippen LogP contribution >= 0.6 is 0 Å². The number of rotatable bonds is 0. The van der Waals surface area contributed by atoms with E-state index in [1.165, 1.54) is 0 Å². The highest BCUT2D eigenvalue weighted by atomic mass is 19.3. The molecule has 1 rings (SSSR count). The molecular weight excluding hydrogens is 148 g/mol. The van der Waals surface area contributed by atoms with Gasteiger partial charge in [0, 0.05) is 6.42 Å². The Labute approximate surface area is 67.2 Å². The second-order valence-electron chi connectivity index (χ2n) is 2.80. The van der Waals surface area contributed by atoms with Crippen molar-refractivity contribution in [3.63, 3.8) is 0 Å². The maximum Gasteiger partial charge on any atom is 0.260 e. The summed E-state index contributed by atoms with van der Waals surface area (Å²) >= 11 is 0. The molecule has 1 nitrogen and oxygen atoms in total. The fourth-order valence-corrected chi connectivity index (χ4v) is 1.16. The lowest BCUT2D eigenvalue weighted by atomic mass is 9.99. The monoisotopic (exact) mass is 165 g/mol. The molecule has 1 saturated heterocycles. The molecule has 0 saturated carbocycles. The second-order valence-corrected chi connectivity index (χ2v) is 2.80. The van der Waals surface area contributed by atoms with E-state index in [0.29, 0.717) is 0 Å². The number of nitrogens with one attached hydrogen (secondary N) is 1. The molecule has 0 aromatic heterocycles. The summed E-state index contributed by atoms with van der Waals surface area (Å²) in [6.07, 6.45) is 0.0417. The van der Waals surface area contributed by atoms with E-state index in [2.05, 4.69) is 5.32 Å². The molecule has 0 bridgehead atoms. The van der Waals surface area contributed by atoms with Crippen molar-refractivity contribution in [2.24, 2.45) is 5.92 Å². The summed E-state index contributed by atoms with van der Waals surface area (Å²) in [5.74, 6) is -2.34. The predicted octanol–water partition coefficient (Wildman–Crippen LogP) is 2.28. The molecular formula is C8H17F2N. The van der Waals surface area contributed by atoms with Crippen molar-refractivity contribution >= 4 is 0 Å². The van der Waals surface area contributed by atoms with Crippen LogP contribution in [0, 0.1) is 5.92 Å². The van der Waals surface area contributed by atoms with Crippen LogP contribution in [0.25, 0.3) is 0 Å². The predicted molar refractivity (Wildman–Crippen MR) is 42.9 cm³/mol. The van der Waals surface area contributed by atoms with Crippen LogP contribution in [0.5, 0.6) is 0 Å². The highest BCUT2D eigenvalue weighted by Gasteiger charge is 2.33. The largest absolute Gasteiger partial charge is 0.311 e. The minimum atomic E-state index is -2.46. The average Bonchev–Trinajstić information content (AvgIpc) is 1.89. The third-order valence-corrected chi connectivity index (χ3v) is 1.52. The third kappa shape index (κ3) is 4.30. The Balaban J connectivity index is 0.000000461.